The molecule has 0 spiro atoms. The molecule has 3 nitrogen and oxygen atoms in total. The topological polar surface area (TPSA) is 52.3 Å². The van der Waals surface area contributed by atoms with Crippen LogP contribution < -0.4 is 5.73 Å². The normalized spacial score (nSPS) is 33.8. The molecule has 0 aromatic rings. The van der Waals surface area contributed by atoms with Crippen LogP contribution in [0.15, 0.2) is 0 Å². The van der Waals surface area contributed by atoms with Crippen LogP contribution in [0.1, 0.15) is 51.4 Å². The molecule has 3 atom stereocenters. The summed E-state index contributed by atoms with van der Waals surface area (Å²) in [7, 11) is 0. The molecule has 3 unspecified atom stereocenters. The molecule has 0 bridgehead atoms. The van der Waals surface area contributed by atoms with Gasteiger partial charge in [-0.2, -0.15) is 0 Å². The first-order valence-corrected chi connectivity index (χ1v) is 7.15. The molecule has 1 saturated heterocycles. The molecule has 1 heterocycles. The van der Waals surface area contributed by atoms with Crippen LogP contribution in [-0.4, -0.2) is 25.0 Å². The van der Waals surface area contributed by atoms with Crippen molar-refractivity contribution < 1.29 is 9.53 Å². The largest absolute Gasteiger partial charge is 0.378 e. The van der Waals surface area contributed by atoms with Crippen LogP contribution in [0, 0.1) is 11.8 Å². The molecule has 2 fully saturated rings. The van der Waals surface area contributed by atoms with Gasteiger partial charge in [0, 0.05) is 18.9 Å². The lowest BCUT2D eigenvalue weighted by molar-refractivity contribution is -0.126. The summed E-state index contributed by atoms with van der Waals surface area (Å²) in [6.45, 7) is 1.56. The summed E-state index contributed by atoms with van der Waals surface area (Å²) in [5.74, 6) is 1.13. The molecule has 17 heavy (non-hydrogen) atoms. The zero-order chi connectivity index (χ0) is 12.1. The van der Waals surface area contributed by atoms with Crippen LogP contribution >= 0.6 is 0 Å². The van der Waals surface area contributed by atoms with Crippen LogP contribution in [0.3, 0.4) is 0 Å². The van der Waals surface area contributed by atoms with Gasteiger partial charge >= 0.3 is 0 Å². The number of hydrogen-bond donors (Lipinski definition) is 1. The van der Waals surface area contributed by atoms with Crippen molar-refractivity contribution in [1.29, 1.82) is 0 Å². The maximum atomic E-state index is 12.2. The average molecular weight is 239 g/mol. The van der Waals surface area contributed by atoms with Gasteiger partial charge < -0.3 is 10.5 Å². The first-order chi connectivity index (χ1) is 8.31. The van der Waals surface area contributed by atoms with Crippen molar-refractivity contribution in [3.63, 3.8) is 0 Å². The smallest absolute Gasteiger partial charge is 0.136 e. The number of rotatable bonds is 5. The second kappa shape index (κ2) is 6.50. The average Bonchev–Trinajstić information content (AvgIpc) is 2.89. The van der Waals surface area contributed by atoms with Crippen molar-refractivity contribution >= 4 is 5.78 Å². The Balaban J connectivity index is 1.76. The van der Waals surface area contributed by atoms with Gasteiger partial charge in [0.1, 0.15) is 5.78 Å². The predicted molar refractivity (Wildman–Crippen MR) is 67.7 cm³/mol. The summed E-state index contributed by atoms with van der Waals surface area (Å²) in [4.78, 5) is 12.2. The number of nitrogens with two attached hydrogens (primary N) is 1. The van der Waals surface area contributed by atoms with Crippen LogP contribution in [0.25, 0.3) is 0 Å². The molecule has 2 rings (SSSR count). The molecule has 0 aromatic carbocycles. The molecule has 1 aliphatic carbocycles. The second-order valence-corrected chi connectivity index (χ2v) is 5.53. The fourth-order valence-electron chi connectivity index (χ4n) is 3.27. The minimum Gasteiger partial charge on any atom is -0.378 e. The van der Waals surface area contributed by atoms with E-state index in [2.05, 4.69) is 0 Å². The summed E-state index contributed by atoms with van der Waals surface area (Å²) >= 11 is 0. The quantitative estimate of drug-likeness (QED) is 0.800. The fourth-order valence-corrected chi connectivity index (χ4v) is 3.27. The Kier molecular flexibility index (Phi) is 4.99. The van der Waals surface area contributed by atoms with Gasteiger partial charge in [-0.3, -0.25) is 4.79 Å². The zero-order valence-electron chi connectivity index (χ0n) is 10.7. The highest BCUT2D eigenvalue weighted by Crippen LogP contribution is 2.31. The third-order valence-corrected chi connectivity index (χ3v) is 4.36. The van der Waals surface area contributed by atoms with Crippen LogP contribution in [0.4, 0.5) is 0 Å². The highest BCUT2D eigenvalue weighted by Gasteiger charge is 2.30. The summed E-state index contributed by atoms with van der Waals surface area (Å²) < 4.78 is 5.57. The summed E-state index contributed by atoms with van der Waals surface area (Å²) in [5.41, 5.74) is 5.77. The third-order valence-electron chi connectivity index (χ3n) is 4.36. The molecular formula is C14H25NO2. The van der Waals surface area contributed by atoms with Crippen molar-refractivity contribution in [2.24, 2.45) is 17.6 Å². The van der Waals surface area contributed by atoms with E-state index < -0.39 is 0 Å². The highest BCUT2D eigenvalue weighted by molar-refractivity contribution is 5.81. The Hall–Kier alpha value is -0.410. The summed E-state index contributed by atoms with van der Waals surface area (Å²) in [6.07, 6.45) is 8.92. The number of carbonyl (C=O) groups is 1. The van der Waals surface area contributed by atoms with Crippen molar-refractivity contribution in [2.75, 3.05) is 13.2 Å². The second-order valence-electron chi connectivity index (χ2n) is 5.53. The molecule has 3 heteroatoms. The molecule has 2 aliphatic rings. The summed E-state index contributed by atoms with van der Waals surface area (Å²) in [5, 5.41) is 0. The van der Waals surface area contributed by atoms with Gasteiger partial charge in [-0.25, -0.2) is 0 Å². The predicted octanol–water partition coefficient (Wildman–Crippen LogP) is 2.28. The number of carbonyl (C=O) groups excluding carboxylic acids is 1. The van der Waals surface area contributed by atoms with Gasteiger partial charge in [-0.05, 0) is 44.6 Å². The Labute approximate surface area is 104 Å². The van der Waals surface area contributed by atoms with Gasteiger partial charge in [0.2, 0.25) is 0 Å². The summed E-state index contributed by atoms with van der Waals surface area (Å²) in [6, 6.07) is 0. The maximum Gasteiger partial charge on any atom is 0.136 e. The Morgan fingerprint density at radius 3 is 2.71 bits per heavy atom. The van der Waals surface area contributed by atoms with Gasteiger partial charge in [0.15, 0.2) is 0 Å². The molecule has 98 valence electrons. The van der Waals surface area contributed by atoms with Gasteiger partial charge in [0.25, 0.3) is 0 Å². The van der Waals surface area contributed by atoms with Gasteiger partial charge in [-0.15, -0.1) is 0 Å². The first-order valence-electron chi connectivity index (χ1n) is 7.15. The number of hydrogen-bond acceptors (Lipinski definition) is 3. The SMILES string of the molecule is NCC1CCCCC1C(=O)CCC1CCCO1. The van der Waals surface area contributed by atoms with Crippen molar-refractivity contribution in [3.8, 4) is 0 Å². The highest BCUT2D eigenvalue weighted by atomic mass is 16.5. The lowest BCUT2D eigenvalue weighted by atomic mass is 9.76. The van der Waals surface area contributed by atoms with Crippen LogP contribution in [0.2, 0.25) is 0 Å². The van der Waals surface area contributed by atoms with Gasteiger partial charge in [-0.1, -0.05) is 12.8 Å². The van der Waals surface area contributed by atoms with Crippen molar-refractivity contribution in [3.05, 3.63) is 0 Å². The monoisotopic (exact) mass is 239 g/mol. The number of ketones is 1. The molecule has 0 radical (unpaired) electrons. The lowest BCUT2D eigenvalue weighted by Gasteiger charge is -2.29. The fraction of sp³-hybridized carbons (Fsp3) is 0.929. The van der Waals surface area contributed by atoms with Crippen LogP contribution in [0.5, 0.6) is 0 Å². The van der Waals surface area contributed by atoms with E-state index >= 15 is 0 Å². The number of Topliss-reactive ketones (excluding diaryl/α,β-unsaturated/α-hetero) is 1. The molecular weight excluding hydrogens is 214 g/mol. The lowest BCUT2D eigenvalue weighted by Crippen LogP contribution is -2.32. The van der Waals surface area contributed by atoms with E-state index in [4.69, 9.17) is 10.5 Å². The van der Waals surface area contributed by atoms with E-state index in [1.54, 1.807) is 0 Å². The third kappa shape index (κ3) is 3.52. The van der Waals surface area contributed by atoms with E-state index in [9.17, 15) is 4.79 Å². The molecule has 1 saturated carbocycles. The molecule has 2 N–H and O–H groups in total. The molecule has 0 aromatic heterocycles. The van der Waals surface area contributed by atoms with Crippen molar-refractivity contribution in [1.82, 2.24) is 0 Å². The molecule has 1 aliphatic heterocycles. The molecule has 0 amide bonds. The zero-order valence-corrected chi connectivity index (χ0v) is 10.7. The van der Waals surface area contributed by atoms with E-state index in [0.29, 0.717) is 30.8 Å². The first kappa shape index (κ1) is 13.0. The standard InChI is InChI=1S/C14H25NO2/c15-10-11-4-1-2-6-13(11)14(16)8-7-12-5-3-9-17-12/h11-13H,1-10,15H2. The van der Waals surface area contributed by atoms with E-state index in [-0.39, 0.29) is 5.92 Å². The minimum absolute atomic E-state index is 0.246. The van der Waals surface area contributed by atoms with Crippen LogP contribution in [-0.2, 0) is 9.53 Å². The minimum atomic E-state index is 0.246. The van der Waals surface area contributed by atoms with Crippen molar-refractivity contribution in [2.45, 2.75) is 57.5 Å². The Morgan fingerprint density at radius 1 is 1.18 bits per heavy atom. The van der Waals surface area contributed by atoms with Gasteiger partial charge in [0.05, 0.1) is 6.10 Å². The van der Waals surface area contributed by atoms with E-state index in [1.165, 1.54) is 12.8 Å². The number of ether oxygens (including phenoxy) is 1. The maximum absolute atomic E-state index is 12.2. The van der Waals surface area contributed by atoms with E-state index in [1.807, 2.05) is 0 Å². The Morgan fingerprint density at radius 2 is 2.00 bits per heavy atom. The van der Waals surface area contributed by atoms with E-state index in [0.717, 1.165) is 38.7 Å². The Bertz CT molecular complexity index is 249.